The van der Waals surface area contributed by atoms with Gasteiger partial charge < -0.3 is 14.8 Å². The van der Waals surface area contributed by atoms with Gasteiger partial charge in [-0.05, 0) is 46.4 Å². The smallest absolute Gasteiger partial charge is 0.407 e. The van der Waals surface area contributed by atoms with E-state index in [2.05, 4.69) is 29.6 Å². The number of rotatable bonds is 7. The van der Waals surface area contributed by atoms with Gasteiger partial charge in [-0.15, -0.1) is 0 Å². The van der Waals surface area contributed by atoms with Gasteiger partial charge >= 0.3 is 6.09 Å². The van der Waals surface area contributed by atoms with Crippen LogP contribution in [0.15, 0.2) is 78.9 Å². The van der Waals surface area contributed by atoms with E-state index in [0.717, 1.165) is 17.7 Å². The van der Waals surface area contributed by atoms with Crippen molar-refractivity contribution in [3.05, 3.63) is 95.6 Å². The third-order valence-corrected chi connectivity index (χ3v) is 5.33. The van der Waals surface area contributed by atoms with Crippen molar-refractivity contribution in [3.8, 4) is 16.9 Å². The maximum Gasteiger partial charge on any atom is 0.407 e. The largest absolute Gasteiger partial charge is 0.497 e. The van der Waals surface area contributed by atoms with Crippen LogP contribution < -0.4 is 10.1 Å². The standard InChI is InChI=1S/C26H25NO3/c1-29-20-11-8-10-19(17-20)9-6-7-16-27-26(28)30-18-25-23-14-4-2-12-21(23)22-13-3-5-15-24(22)25/h2-6,8-15,17,25H,7,16,18H2,1H3,(H,27,28). The number of ether oxygens (including phenoxy) is 2. The monoisotopic (exact) mass is 399 g/mol. The lowest BCUT2D eigenvalue weighted by molar-refractivity contribution is 0.143. The first kappa shape index (κ1) is 19.8. The molecule has 152 valence electrons. The molecule has 0 aromatic heterocycles. The quantitative estimate of drug-likeness (QED) is 0.523. The minimum atomic E-state index is -0.383. The first-order chi connectivity index (χ1) is 14.8. The Kier molecular flexibility index (Phi) is 6.14. The molecule has 1 amide bonds. The van der Waals surface area contributed by atoms with Gasteiger partial charge in [-0.25, -0.2) is 4.79 Å². The van der Waals surface area contributed by atoms with Gasteiger partial charge in [-0.3, -0.25) is 0 Å². The van der Waals surface area contributed by atoms with Crippen molar-refractivity contribution in [2.24, 2.45) is 0 Å². The van der Waals surface area contributed by atoms with E-state index in [-0.39, 0.29) is 12.0 Å². The first-order valence-corrected chi connectivity index (χ1v) is 10.2. The summed E-state index contributed by atoms with van der Waals surface area (Å²) in [5, 5.41) is 2.83. The third-order valence-electron chi connectivity index (χ3n) is 5.33. The Morgan fingerprint density at radius 2 is 1.67 bits per heavy atom. The minimum Gasteiger partial charge on any atom is -0.497 e. The highest BCUT2D eigenvalue weighted by Gasteiger charge is 2.28. The Morgan fingerprint density at radius 1 is 0.967 bits per heavy atom. The lowest BCUT2D eigenvalue weighted by Gasteiger charge is -2.14. The molecule has 0 radical (unpaired) electrons. The molecule has 1 aliphatic carbocycles. The highest BCUT2D eigenvalue weighted by Crippen LogP contribution is 2.44. The lowest BCUT2D eigenvalue weighted by atomic mass is 9.98. The van der Waals surface area contributed by atoms with E-state index in [1.165, 1.54) is 22.3 Å². The number of carbonyl (C=O) groups excluding carboxylic acids is 1. The number of nitrogens with one attached hydrogen (secondary N) is 1. The molecule has 4 nitrogen and oxygen atoms in total. The van der Waals surface area contributed by atoms with Crippen molar-refractivity contribution in [2.45, 2.75) is 12.3 Å². The van der Waals surface area contributed by atoms with Crippen LogP contribution in [0.5, 0.6) is 5.75 Å². The Hall–Kier alpha value is -3.53. The van der Waals surface area contributed by atoms with E-state index in [1.807, 2.05) is 60.7 Å². The predicted molar refractivity (Wildman–Crippen MR) is 120 cm³/mol. The lowest BCUT2D eigenvalue weighted by Crippen LogP contribution is -2.26. The van der Waals surface area contributed by atoms with Crippen LogP contribution in [0.4, 0.5) is 4.79 Å². The summed E-state index contributed by atoms with van der Waals surface area (Å²) in [7, 11) is 1.65. The van der Waals surface area contributed by atoms with E-state index in [4.69, 9.17) is 9.47 Å². The average molecular weight is 399 g/mol. The van der Waals surface area contributed by atoms with Crippen LogP contribution in [-0.4, -0.2) is 26.4 Å². The van der Waals surface area contributed by atoms with Crippen molar-refractivity contribution in [2.75, 3.05) is 20.3 Å². The number of hydrogen-bond donors (Lipinski definition) is 1. The van der Waals surface area contributed by atoms with Crippen LogP contribution in [0, 0.1) is 0 Å². The molecule has 4 rings (SSSR count). The van der Waals surface area contributed by atoms with Crippen molar-refractivity contribution in [3.63, 3.8) is 0 Å². The van der Waals surface area contributed by atoms with Crippen molar-refractivity contribution in [1.82, 2.24) is 5.32 Å². The number of carbonyl (C=O) groups is 1. The Morgan fingerprint density at radius 3 is 2.37 bits per heavy atom. The summed E-state index contributed by atoms with van der Waals surface area (Å²) >= 11 is 0. The topological polar surface area (TPSA) is 47.6 Å². The molecule has 1 aliphatic rings. The summed E-state index contributed by atoms with van der Waals surface area (Å²) in [6.45, 7) is 0.858. The van der Waals surface area contributed by atoms with Crippen molar-refractivity contribution >= 4 is 12.2 Å². The fraction of sp³-hybridized carbons (Fsp3) is 0.192. The Labute approximate surface area is 177 Å². The summed E-state index contributed by atoms with van der Waals surface area (Å²) in [5.74, 6) is 0.907. The van der Waals surface area contributed by atoms with Gasteiger partial charge in [-0.2, -0.15) is 0 Å². The molecule has 0 heterocycles. The van der Waals surface area contributed by atoms with Gasteiger partial charge in [-0.1, -0.05) is 72.8 Å². The predicted octanol–water partition coefficient (Wildman–Crippen LogP) is 5.64. The zero-order chi connectivity index (χ0) is 20.8. The SMILES string of the molecule is COc1cccc(C=CCCNC(=O)OCC2c3ccccc3-c3ccccc32)c1. The average Bonchev–Trinajstić information content (AvgIpc) is 3.11. The molecule has 3 aromatic rings. The second-order valence-corrected chi connectivity index (χ2v) is 7.22. The maximum absolute atomic E-state index is 12.2. The van der Waals surface area contributed by atoms with Crippen molar-refractivity contribution < 1.29 is 14.3 Å². The molecule has 1 N–H and O–H groups in total. The zero-order valence-corrected chi connectivity index (χ0v) is 17.0. The summed E-state index contributed by atoms with van der Waals surface area (Å²) in [6, 6.07) is 24.5. The molecule has 0 unspecified atom stereocenters. The number of alkyl carbamates (subject to hydrolysis) is 1. The van der Waals surface area contributed by atoms with Crippen LogP contribution in [0.3, 0.4) is 0 Å². The summed E-state index contributed by atoms with van der Waals surface area (Å²) in [5.41, 5.74) is 5.95. The van der Waals surface area contributed by atoms with Crippen molar-refractivity contribution in [1.29, 1.82) is 0 Å². The van der Waals surface area contributed by atoms with E-state index in [0.29, 0.717) is 13.2 Å². The molecule has 0 spiro atoms. The second-order valence-electron chi connectivity index (χ2n) is 7.22. The van der Waals surface area contributed by atoms with E-state index >= 15 is 0 Å². The summed E-state index contributed by atoms with van der Waals surface area (Å²) < 4.78 is 10.8. The number of fused-ring (bicyclic) bond motifs is 3. The second kappa shape index (κ2) is 9.31. The Bertz CT molecular complexity index is 1010. The fourth-order valence-corrected chi connectivity index (χ4v) is 3.87. The summed E-state index contributed by atoms with van der Waals surface area (Å²) in [4.78, 5) is 12.2. The zero-order valence-electron chi connectivity index (χ0n) is 17.0. The van der Waals surface area contributed by atoms with E-state index < -0.39 is 0 Å². The molecule has 0 saturated heterocycles. The number of amides is 1. The number of benzene rings is 3. The molecular weight excluding hydrogens is 374 g/mol. The maximum atomic E-state index is 12.2. The van der Waals surface area contributed by atoms with Gasteiger partial charge in [0.2, 0.25) is 0 Å². The van der Waals surface area contributed by atoms with Crippen LogP contribution in [-0.2, 0) is 4.74 Å². The van der Waals surface area contributed by atoms with Gasteiger partial charge in [0.1, 0.15) is 12.4 Å². The number of methoxy groups -OCH3 is 1. The van der Waals surface area contributed by atoms with Gasteiger partial charge in [0.15, 0.2) is 0 Å². The first-order valence-electron chi connectivity index (χ1n) is 10.2. The molecule has 0 fully saturated rings. The highest BCUT2D eigenvalue weighted by molar-refractivity contribution is 5.79. The molecule has 4 heteroatoms. The van der Waals surface area contributed by atoms with Crippen LogP contribution in [0.25, 0.3) is 17.2 Å². The number of hydrogen-bond acceptors (Lipinski definition) is 3. The van der Waals surface area contributed by atoms with E-state index in [9.17, 15) is 4.79 Å². The normalized spacial score (nSPS) is 12.4. The van der Waals surface area contributed by atoms with E-state index in [1.54, 1.807) is 7.11 Å². The molecule has 0 bridgehead atoms. The summed E-state index contributed by atoms with van der Waals surface area (Å²) in [6.07, 6.45) is 4.38. The van der Waals surface area contributed by atoms with Crippen LogP contribution in [0.1, 0.15) is 29.0 Å². The molecular formula is C26H25NO3. The fourth-order valence-electron chi connectivity index (χ4n) is 3.87. The molecule has 0 atom stereocenters. The van der Waals surface area contributed by atoms with Gasteiger partial charge in [0.25, 0.3) is 0 Å². The van der Waals surface area contributed by atoms with Crippen LogP contribution >= 0.6 is 0 Å². The molecule has 0 aliphatic heterocycles. The molecule has 30 heavy (non-hydrogen) atoms. The molecule has 3 aromatic carbocycles. The van der Waals surface area contributed by atoms with Crippen LogP contribution in [0.2, 0.25) is 0 Å². The third kappa shape index (κ3) is 4.38. The highest BCUT2D eigenvalue weighted by atomic mass is 16.5. The minimum absolute atomic E-state index is 0.0797. The van der Waals surface area contributed by atoms with Gasteiger partial charge in [0, 0.05) is 12.5 Å². The van der Waals surface area contributed by atoms with Gasteiger partial charge in [0.05, 0.1) is 7.11 Å². The molecule has 0 saturated carbocycles. The Balaban J connectivity index is 1.27.